The summed E-state index contributed by atoms with van der Waals surface area (Å²) >= 11 is 0. The molecular weight excluding hydrogens is 502 g/mol. The normalized spacial score (nSPS) is 19.3. The number of hydrogen-bond donors (Lipinski definition) is 0. The Bertz CT molecular complexity index is 1530. The van der Waals surface area contributed by atoms with Gasteiger partial charge in [-0.2, -0.15) is 10.2 Å². The van der Waals surface area contributed by atoms with Gasteiger partial charge in [0.05, 0.1) is 31.1 Å². The topological polar surface area (TPSA) is 73.9 Å². The highest BCUT2D eigenvalue weighted by Gasteiger charge is 2.37. The molecule has 2 aliphatic rings. The summed E-state index contributed by atoms with van der Waals surface area (Å²) in [6.07, 6.45) is 10.7. The number of amides is 1. The predicted molar refractivity (Wildman–Crippen MR) is 155 cm³/mol. The number of rotatable bonds is 8. The maximum absolute atomic E-state index is 13.1. The number of likely N-dealkylation sites (tertiary alicyclic amines) is 1. The van der Waals surface area contributed by atoms with Crippen molar-refractivity contribution in [2.24, 2.45) is 5.92 Å². The lowest BCUT2D eigenvalue weighted by Gasteiger charge is -2.27. The maximum Gasteiger partial charge on any atom is 0.223 e. The summed E-state index contributed by atoms with van der Waals surface area (Å²) in [4.78, 5) is 15.1. The zero-order valence-electron chi connectivity index (χ0n) is 24.3. The highest BCUT2D eigenvalue weighted by Crippen LogP contribution is 2.45. The van der Waals surface area contributed by atoms with Crippen LogP contribution in [0.1, 0.15) is 77.0 Å². The molecule has 8 heteroatoms. The summed E-state index contributed by atoms with van der Waals surface area (Å²) in [7, 11) is 1.66. The van der Waals surface area contributed by atoms with Gasteiger partial charge >= 0.3 is 0 Å². The Morgan fingerprint density at radius 1 is 1.00 bits per heavy atom. The van der Waals surface area contributed by atoms with Crippen LogP contribution in [-0.4, -0.2) is 50.0 Å². The first-order chi connectivity index (χ1) is 19.1. The van der Waals surface area contributed by atoms with Crippen LogP contribution in [0.2, 0.25) is 0 Å². The predicted octanol–water partition coefficient (Wildman–Crippen LogP) is 6.22. The average Bonchev–Trinajstić information content (AvgIpc) is 3.31. The maximum atomic E-state index is 13.1. The van der Waals surface area contributed by atoms with E-state index in [1.165, 1.54) is 18.4 Å². The van der Waals surface area contributed by atoms with Crippen molar-refractivity contribution in [2.75, 3.05) is 13.7 Å². The standard InChI is InChI=1S/C32H39N5O3/c1-20(22-9-11-27(39-6)12-10-22)35-17-24(14-30(35)38)21(2)40-29-13-25(26-15-34-37(19-26)32(3,4)5)18-36-31(29)28(16-33-36)23-7-8-23/h9-13,15-16,18-21,23-24H,7-8,14,17H2,1-6H3/t20-,21-,24?/m1/s1. The van der Waals surface area contributed by atoms with Gasteiger partial charge < -0.3 is 14.4 Å². The number of aromatic nitrogens is 4. The van der Waals surface area contributed by atoms with E-state index in [-0.39, 0.29) is 29.5 Å². The molecule has 40 heavy (non-hydrogen) atoms. The van der Waals surface area contributed by atoms with Gasteiger partial charge in [0.2, 0.25) is 5.91 Å². The lowest BCUT2D eigenvalue weighted by atomic mass is 10.0. The fourth-order valence-electron chi connectivity index (χ4n) is 5.69. The minimum absolute atomic E-state index is 0.0127. The highest BCUT2D eigenvalue weighted by atomic mass is 16.5. The molecule has 0 radical (unpaired) electrons. The van der Waals surface area contributed by atoms with E-state index in [0.717, 1.165) is 33.7 Å². The fraction of sp³-hybridized carbons (Fsp3) is 0.469. The van der Waals surface area contributed by atoms with Crippen molar-refractivity contribution in [1.82, 2.24) is 24.3 Å². The lowest BCUT2D eigenvalue weighted by Crippen LogP contribution is -2.31. The minimum Gasteiger partial charge on any atom is -0.497 e. The van der Waals surface area contributed by atoms with Crippen LogP contribution in [0.15, 0.2) is 55.1 Å². The van der Waals surface area contributed by atoms with Crippen LogP contribution in [0, 0.1) is 5.92 Å². The molecule has 1 aliphatic carbocycles. The Morgan fingerprint density at radius 3 is 2.40 bits per heavy atom. The number of ether oxygens (including phenoxy) is 2. The Hall–Kier alpha value is -3.81. The first-order valence-corrected chi connectivity index (χ1v) is 14.3. The molecule has 0 N–H and O–H groups in total. The molecule has 1 unspecified atom stereocenters. The molecule has 1 aromatic carbocycles. The summed E-state index contributed by atoms with van der Waals surface area (Å²) in [5, 5.41) is 9.32. The van der Waals surface area contributed by atoms with Gasteiger partial charge in [-0.1, -0.05) is 12.1 Å². The number of carbonyl (C=O) groups is 1. The van der Waals surface area contributed by atoms with Crippen LogP contribution < -0.4 is 9.47 Å². The van der Waals surface area contributed by atoms with E-state index in [1.54, 1.807) is 7.11 Å². The monoisotopic (exact) mass is 541 g/mol. The molecule has 1 saturated heterocycles. The number of carbonyl (C=O) groups excluding carboxylic acids is 1. The van der Waals surface area contributed by atoms with Gasteiger partial charge in [0.25, 0.3) is 0 Å². The molecule has 1 saturated carbocycles. The van der Waals surface area contributed by atoms with E-state index in [9.17, 15) is 4.79 Å². The van der Waals surface area contributed by atoms with E-state index in [1.807, 2.05) is 50.8 Å². The van der Waals surface area contributed by atoms with Crippen LogP contribution >= 0.6 is 0 Å². The average molecular weight is 542 g/mol. The third-order valence-corrected chi connectivity index (χ3v) is 8.46. The summed E-state index contributed by atoms with van der Waals surface area (Å²) in [6, 6.07) is 10.1. The highest BCUT2D eigenvalue weighted by molar-refractivity contribution is 5.79. The Balaban J connectivity index is 1.26. The fourth-order valence-corrected chi connectivity index (χ4v) is 5.69. The van der Waals surface area contributed by atoms with Gasteiger partial charge in [0.15, 0.2) is 0 Å². The van der Waals surface area contributed by atoms with Crippen LogP contribution in [0.4, 0.5) is 0 Å². The van der Waals surface area contributed by atoms with E-state index in [2.05, 4.69) is 58.2 Å². The van der Waals surface area contributed by atoms with E-state index >= 15 is 0 Å². The molecule has 3 atom stereocenters. The Kier molecular flexibility index (Phi) is 6.59. The molecule has 210 valence electrons. The largest absolute Gasteiger partial charge is 0.497 e. The molecule has 0 bridgehead atoms. The number of pyridine rings is 1. The molecule has 2 fully saturated rings. The minimum atomic E-state index is -0.143. The molecule has 8 nitrogen and oxygen atoms in total. The van der Waals surface area contributed by atoms with Gasteiger partial charge in [0, 0.05) is 48.0 Å². The van der Waals surface area contributed by atoms with E-state index in [4.69, 9.17) is 14.6 Å². The Morgan fingerprint density at radius 2 is 1.75 bits per heavy atom. The molecule has 3 aromatic heterocycles. The number of hydrogen-bond acceptors (Lipinski definition) is 5. The van der Waals surface area contributed by atoms with Crippen molar-refractivity contribution in [2.45, 2.75) is 77.5 Å². The zero-order valence-corrected chi connectivity index (χ0v) is 24.3. The van der Waals surface area contributed by atoms with Gasteiger partial charge in [-0.05, 0) is 77.1 Å². The first kappa shape index (κ1) is 26.4. The molecule has 1 amide bonds. The number of benzene rings is 1. The second-order valence-electron chi connectivity index (χ2n) is 12.4. The molecule has 6 rings (SSSR count). The van der Waals surface area contributed by atoms with Crippen molar-refractivity contribution in [3.05, 3.63) is 66.2 Å². The van der Waals surface area contributed by atoms with Gasteiger partial charge in [-0.3, -0.25) is 9.48 Å². The molecule has 0 spiro atoms. The number of nitrogens with zero attached hydrogens (tertiary/aromatic N) is 5. The number of methoxy groups -OCH3 is 1. The van der Waals surface area contributed by atoms with Crippen molar-refractivity contribution in [3.8, 4) is 22.6 Å². The summed E-state index contributed by atoms with van der Waals surface area (Å²) in [6.45, 7) is 11.3. The van der Waals surface area contributed by atoms with Crippen molar-refractivity contribution in [1.29, 1.82) is 0 Å². The zero-order chi connectivity index (χ0) is 28.2. The second-order valence-corrected chi connectivity index (χ2v) is 12.4. The van der Waals surface area contributed by atoms with E-state index < -0.39 is 0 Å². The molecule has 4 aromatic rings. The number of fused-ring (bicyclic) bond motifs is 1. The lowest BCUT2D eigenvalue weighted by molar-refractivity contribution is -0.129. The van der Waals surface area contributed by atoms with Crippen LogP contribution in [0.25, 0.3) is 16.6 Å². The quantitative estimate of drug-likeness (QED) is 0.265. The van der Waals surface area contributed by atoms with E-state index in [0.29, 0.717) is 18.9 Å². The SMILES string of the molecule is COc1ccc([C@@H](C)N2CC([C@@H](C)Oc3cc(-c4cnn(C(C)(C)C)c4)cn4ncc(C5CC5)c34)CC2=O)cc1. The third kappa shape index (κ3) is 4.95. The van der Waals surface area contributed by atoms with Crippen LogP contribution in [-0.2, 0) is 10.3 Å². The van der Waals surface area contributed by atoms with Gasteiger partial charge in [-0.15, -0.1) is 0 Å². The van der Waals surface area contributed by atoms with Crippen molar-refractivity contribution < 1.29 is 14.3 Å². The molecule has 1 aliphatic heterocycles. The third-order valence-electron chi connectivity index (χ3n) is 8.46. The van der Waals surface area contributed by atoms with Crippen molar-refractivity contribution >= 4 is 11.4 Å². The second kappa shape index (κ2) is 9.98. The smallest absolute Gasteiger partial charge is 0.223 e. The summed E-state index contributed by atoms with van der Waals surface area (Å²) in [5.74, 6) is 2.43. The Labute approximate surface area is 235 Å². The van der Waals surface area contributed by atoms with Gasteiger partial charge in [0.1, 0.15) is 23.1 Å². The van der Waals surface area contributed by atoms with Gasteiger partial charge in [-0.25, -0.2) is 4.52 Å². The van der Waals surface area contributed by atoms with Crippen LogP contribution in [0.5, 0.6) is 11.5 Å². The molecule has 4 heterocycles. The van der Waals surface area contributed by atoms with Crippen molar-refractivity contribution in [3.63, 3.8) is 0 Å². The van der Waals surface area contributed by atoms with Crippen LogP contribution in [0.3, 0.4) is 0 Å². The summed E-state index contributed by atoms with van der Waals surface area (Å²) in [5.41, 5.74) is 5.30. The first-order valence-electron chi connectivity index (χ1n) is 14.3. The summed E-state index contributed by atoms with van der Waals surface area (Å²) < 4.78 is 16.0. The molecular formula is C32H39N5O3.